The highest BCUT2D eigenvalue weighted by atomic mass is 19.4. The smallest absolute Gasteiger partial charge is 0.395 e. The second-order valence-corrected chi connectivity index (χ2v) is 7.54. The predicted molar refractivity (Wildman–Crippen MR) is 122 cm³/mol. The molecule has 0 aliphatic carbocycles. The first-order chi connectivity index (χ1) is 17.4. The normalized spacial score (nSPS) is 11.3. The number of pyridine rings is 1. The van der Waals surface area contributed by atoms with Gasteiger partial charge in [-0.25, -0.2) is 9.97 Å². The van der Waals surface area contributed by atoms with Crippen molar-refractivity contribution in [1.29, 1.82) is 0 Å². The maximum atomic E-state index is 13.1. The van der Waals surface area contributed by atoms with Crippen LogP contribution in [-0.2, 0) is 25.8 Å². The van der Waals surface area contributed by atoms with Gasteiger partial charge in [-0.05, 0) is 30.3 Å². The topological polar surface area (TPSA) is 131 Å². The van der Waals surface area contributed by atoms with E-state index in [0.29, 0.717) is 23.0 Å². The molecule has 0 atom stereocenters. The highest BCUT2D eigenvalue weighted by molar-refractivity contribution is 5.95. The number of aromatic nitrogens is 6. The Balaban J connectivity index is 1.43. The van der Waals surface area contributed by atoms with Crippen LogP contribution in [0.2, 0.25) is 0 Å². The number of carbonyl (C=O) groups is 1. The van der Waals surface area contributed by atoms with Gasteiger partial charge in [0.05, 0.1) is 13.2 Å². The largest absolute Gasteiger partial charge is 0.433 e. The molecule has 1 aromatic carbocycles. The summed E-state index contributed by atoms with van der Waals surface area (Å²) >= 11 is 0. The quantitative estimate of drug-likeness (QED) is 0.321. The van der Waals surface area contributed by atoms with Crippen molar-refractivity contribution in [3.63, 3.8) is 0 Å². The van der Waals surface area contributed by atoms with Crippen molar-refractivity contribution >= 4 is 11.6 Å². The molecule has 186 valence electrons. The van der Waals surface area contributed by atoms with E-state index in [1.807, 2.05) is 0 Å². The molecule has 0 spiro atoms. The lowest BCUT2D eigenvalue weighted by Gasteiger charge is -2.13. The predicted octanol–water partition coefficient (Wildman–Crippen LogP) is 2.68. The lowest BCUT2D eigenvalue weighted by Crippen LogP contribution is -2.25. The highest BCUT2D eigenvalue weighted by Crippen LogP contribution is 2.30. The maximum Gasteiger partial charge on any atom is 0.433 e. The summed E-state index contributed by atoms with van der Waals surface area (Å²) in [5.41, 5.74) is 0.237. The Labute approximate surface area is 203 Å². The monoisotopic (exact) mass is 498 g/mol. The summed E-state index contributed by atoms with van der Waals surface area (Å²) in [4.78, 5) is 24.0. The number of benzene rings is 1. The van der Waals surface area contributed by atoms with E-state index >= 15 is 0 Å². The van der Waals surface area contributed by atoms with Crippen molar-refractivity contribution in [2.75, 3.05) is 11.9 Å². The first-order valence-electron chi connectivity index (χ1n) is 10.8. The van der Waals surface area contributed by atoms with Gasteiger partial charge in [0.25, 0.3) is 5.91 Å². The van der Waals surface area contributed by atoms with E-state index in [-0.39, 0.29) is 37.4 Å². The molecule has 0 radical (unpaired) electrons. The van der Waals surface area contributed by atoms with Crippen molar-refractivity contribution in [2.45, 2.75) is 25.8 Å². The SMILES string of the molecule is O=C(NCc1cccnc1C(F)(F)F)c1cccc(NCc2nnc(-c3ccncn3)n2CCO)c1. The minimum Gasteiger partial charge on any atom is -0.395 e. The fourth-order valence-corrected chi connectivity index (χ4v) is 3.48. The summed E-state index contributed by atoms with van der Waals surface area (Å²) < 4.78 is 41.1. The van der Waals surface area contributed by atoms with E-state index in [4.69, 9.17) is 0 Å². The summed E-state index contributed by atoms with van der Waals surface area (Å²) in [6.45, 7) is 0.0227. The summed E-state index contributed by atoms with van der Waals surface area (Å²) in [5, 5.41) is 23.5. The molecule has 3 aromatic heterocycles. The van der Waals surface area contributed by atoms with Gasteiger partial charge in [0.2, 0.25) is 0 Å². The number of nitrogens with one attached hydrogen (secondary N) is 2. The molecule has 0 aliphatic heterocycles. The van der Waals surface area contributed by atoms with Crippen molar-refractivity contribution in [2.24, 2.45) is 0 Å². The molecule has 0 aliphatic rings. The third-order valence-electron chi connectivity index (χ3n) is 5.14. The number of nitrogens with zero attached hydrogens (tertiary/aromatic N) is 6. The standard InChI is InChI=1S/C23H21F3N8O2/c24-23(25,26)20-16(4-2-7-28-20)12-30-22(36)15-3-1-5-17(11-15)29-13-19-32-33-21(34(19)9-10-35)18-6-8-27-14-31-18/h1-8,11,14,29,35H,9-10,12-13H2,(H,30,36). The molecule has 10 nitrogen and oxygen atoms in total. The molecule has 4 aromatic rings. The molecule has 0 fully saturated rings. The Morgan fingerprint density at radius 2 is 1.89 bits per heavy atom. The Bertz CT molecular complexity index is 1330. The number of carbonyl (C=O) groups excluding carboxylic acids is 1. The zero-order valence-electron chi connectivity index (χ0n) is 18.8. The lowest BCUT2D eigenvalue weighted by atomic mass is 10.1. The molecule has 13 heteroatoms. The van der Waals surface area contributed by atoms with Gasteiger partial charge in [0, 0.05) is 42.3 Å². The van der Waals surface area contributed by atoms with Gasteiger partial charge in [0.1, 0.15) is 17.7 Å². The number of aliphatic hydroxyl groups excluding tert-OH is 1. The van der Waals surface area contributed by atoms with Gasteiger partial charge < -0.3 is 20.3 Å². The van der Waals surface area contributed by atoms with E-state index in [0.717, 1.165) is 6.20 Å². The summed E-state index contributed by atoms with van der Waals surface area (Å²) in [7, 11) is 0. The number of aliphatic hydroxyl groups is 1. The minimum atomic E-state index is -4.62. The zero-order valence-corrected chi connectivity index (χ0v) is 18.8. The summed E-state index contributed by atoms with van der Waals surface area (Å²) in [5.74, 6) is 0.471. The van der Waals surface area contributed by atoms with Gasteiger partial charge in [-0.3, -0.25) is 9.78 Å². The molecule has 3 N–H and O–H groups in total. The minimum absolute atomic E-state index is 0.129. The van der Waals surface area contributed by atoms with Crippen LogP contribution in [0.25, 0.3) is 11.5 Å². The van der Waals surface area contributed by atoms with Crippen LogP contribution in [-0.4, -0.2) is 47.3 Å². The van der Waals surface area contributed by atoms with Crippen LogP contribution in [0, 0.1) is 0 Å². The van der Waals surface area contributed by atoms with Crippen LogP contribution >= 0.6 is 0 Å². The Morgan fingerprint density at radius 1 is 1.03 bits per heavy atom. The fraction of sp³-hybridized carbons (Fsp3) is 0.217. The molecule has 0 bridgehead atoms. The number of amides is 1. The number of alkyl halides is 3. The number of rotatable bonds is 9. The Morgan fingerprint density at radius 3 is 2.64 bits per heavy atom. The third kappa shape index (κ3) is 5.81. The van der Waals surface area contributed by atoms with Crippen LogP contribution in [0.15, 0.2) is 61.2 Å². The Hall–Kier alpha value is -4.39. The van der Waals surface area contributed by atoms with Crippen LogP contribution in [0.1, 0.15) is 27.4 Å². The molecule has 4 rings (SSSR count). The average molecular weight is 498 g/mol. The van der Waals surface area contributed by atoms with E-state index in [1.54, 1.807) is 41.1 Å². The van der Waals surface area contributed by atoms with E-state index < -0.39 is 17.8 Å². The van der Waals surface area contributed by atoms with Crippen LogP contribution in [0.5, 0.6) is 0 Å². The highest BCUT2D eigenvalue weighted by Gasteiger charge is 2.35. The molecule has 1 amide bonds. The van der Waals surface area contributed by atoms with Crippen LogP contribution in [0.3, 0.4) is 0 Å². The lowest BCUT2D eigenvalue weighted by molar-refractivity contribution is -0.141. The zero-order chi connectivity index (χ0) is 25.5. The van der Waals surface area contributed by atoms with Crippen molar-refractivity contribution < 1.29 is 23.1 Å². The maximum absolute atomic E-state index is 13.1. The second-order valence-electron chi connectivity index (χ2n) is 7.54. The van der Waals surface area contributed by atoms with Crippen molar-refractivity contribution in [1.82, 2.24) is 35.0 Å². The van der Waals surface area contributed by atoms with Crippen molar-refractivity contribution in [3.05, 3.63) is 83.8 Å². The fourth-order valence-electron chi connectivity index (χ4n) is 3.48. The molecule has 0 saturated carbocycles. The van der Waals surface area contributed by atoms with E-state index in [2.05, 4.69) is 35.8 Å². The van der Waals surface area contributed by atoms with Crippen molar-refractivity contribution in [3.8, 4) is 11.5 Å². The van der Waals surface area contributed by atoms with E-state index in [9.17, 15) is 23.1 Å². The second kappa shape index (κ2) is 10.9. The number of anilines is 1. The van der Waals surface area contributed by atoms with Gasteiger partial charge in [0.15, 0.2) is 11.6 Å². The summed E-state index contributed by atoms with van der Waals surface area (Å²) in [6, 6.07) is 10.8. The van der Waals surface area contributed by atoms with Gasteiger partial charge in [-0.15, -0.1) is 10.2 Å². The Kier molecular flexibility index (Phi) is 7.49. The molecular weight excluding hydrogens is 477 g/mol. The molecular formula is C23H21F3N8O2. The van der Waals surface area contributed by atoms with Gasteiger partial charge in [-0.1, -0.05) is 12.1 Å². The number of hydrogen-bond donors (Lipinski definition) is 3. The third-order valence-corrected chi connectivity index (χ3v) is 5.14. The first-order valence-corrected chi connectivity index (χ1v) is 10.8. The number of hydrogen-bond acceptors (Lipinski definition) is 8. The number of halogens is 3. The molecule has 3 heterocycles. The average Bonchev–Trinajstić information content (AvgIpc) is 3.29. The first kappa shape index (κ1) is 24.7. The van der Waals surface area contributed by atoms with Gasteiger partial charge in [-0.2, -0.15) is 13.2 Å². The summed E-state index contributed by atoms with van der Waals surface area (Å²) in [6.07, 6.45) is -0.594. The van der Waals surface area contributed by atoms with E-state index in [1.165, 1.54) is 18.5 Å². The molecule has 0 saturated heterocycles. The van der Waals surface area contributed by atoms with Crippen LogP contribution in [0.4, 0.5) is 18.9 Å². The van der Waals surface area contributed by atoms with Gasteiger partial charge >= 0.3 is 6.18 Å². The molecule has 0 unspecified atom stereocenters. The molecule has 36 heavy (non-hydrogen) atoms. The van der Waals surface area contributed by atoms with Crippen LogP contribution < -0.4 is 10.6 Å².